The average molecular weight is 227 g/mol. The molecule has 0 atom stereocenters. The second-order valence-corrected chi connectivity index (χ2v) is 2.99. The predicted molar refractivity (Wildman–Crippen MR) is 57.2 cm³/mol. The second kappa shape index (κ2) is 5.29. The number of benzene rings is 1. The molecule has 0 spiro atoms. The lowest BCUT2D eigenvalue weighted by atomic mass is 10.1. The third-order valence-corrected chi connectivity index (χ3v) is 2.02. The van der Waals surface area contributed by atoms with Gasteiger partial charge in [-0.3, -0.25) is 21.4 Å². The zero-order valence-electron chi connectivity index (χ0n) is 9.02. The number of nitrogens with two attached hydrogens (primary N) is 1. The standard InChI is InChI=1S/C9H13N3O4/c1-15-8-4-6(5-11-10)3-7(12(13)14)9(8)16-2/h3-4,11H,5,10H2,1-2H3. The van der Waals surface area contributed by atoms with Crippen molar-refractivity contribution in [2.75, 3.05) is 14.2 Å². The molecule has 1 rings (SSSR count). The van der Waals surface area contributed by atoms with Gasteiger partial charge in [-0.1, -0.05) is 0 Å². The van der Waals surface area contributed by atoms with Crippen LogP contribution in [0.25, 0.3) is 0 Å². The molecule has 88 valence electrons. The number of ether oxygens (including phenoxy) is 2. The van der Waals surface area contributed by atoms with Crippen molar-refractivity contribution in [2.45, 2.75) is 6.54 Å². The van der Waals surface area contributed by atoms with Crippen LogP contribution in [0.15, 0.2) is 12.1 Å². The van der Waals surface area contributed by atoms with Crippen molar-refractivity contribution in [2.24, 2.45) is 5.84 Å². The third-order valence-electron chi connectivity index (χ3n) is 2.02. The average Bonchev–Trinajstić information content (AvgIpc) is 2.28. The van der Waals surface area contributed by atoms with E-state index >= 15 is 0 Å². The van der Waals surface area contributed by atoms with E-state index in [1.807, 2.05) is 0 Å². The van der Waals surface area contributed by atoms with Gasteiger partial charge in [0, 0.05) is 12.6 Å². The summed E-state index contributed by atoms with van der Waals surface area (Å²) in [6.45, 7) is 0.307. The summed E-state index contributed by atoms with van der Waals surface area (Å²) in [4.78, 5) is 10.3. The quantitative estimate of drug-likeness (QED) is 0.433. The maximum Gasteiger partial charge on any atom is 0.315 e. The van der Waals surface area contributed by atoms with Gasteiger partial charge in [-0.05, 0) is 11.6 Å². The lowest BCUT2D eigenvalue weighted by Gasteiger charge is -2.10. The van der Waals surface area contributed by atoms with Crippen LogP contribution in [0.3, 0.4) is 0 Å². The highest BCUT2D eigenvalue weighted by molar-refractivity contribution is 5.58. The molecule has 0 aromatic heterocycles. The molecule has 3 N–H and O–H groups in total. The fourth-order valence-electron chi connectivity index (χ4n) is 1.36. The van der Waals surface area contributed by atoms with Gasteiger partial charge in [-0.25, -0.2) is 0 Å². The molecule has 0 radical (unpaired) electrons. The zero-order valence-corrected chi connectivity index (χ0v) is 9.02. The van der Waals surface area contributed by atoms with Crippen LogP contribution in [-0.2, 0) is 6.54 Å². The number of nitrogens with one attached hydrogen (secondary N) is 1. The van der Waals surface area contributed by atoms with Gasteiger partial charge in [0.15, 0.2) is 5.75 Å². The molecule has 0 unspecified atom stereocenters. The molecule has 0 aliphatic rings. The smallest absolute Gasteiger partial charge is 0.315 e. The van der Waals surface area contributed by atoms with Crippen molar-refractivity contribution in [3.05, 3.63) is 27.8 Å². The number of hydrazine groups is 1. The van der Waals surface area contributed by atoms with Crippen LogP contribution in [0.5, 0.6) is 11.5 Å². The van der Waals surface area contributed by atoms with E-state index in [0.29, 0.717) is 17.9 Å². The van der Waals surface area contributed by atoms with Crippen molar-refractivity contribution in [1.29, 1.82) is 0 Å². The van der Waals surface area contributed by atoms with Crippen molar-refractivity contribution in [3.63, 3.8) is 0 Å². The zero-order chi connectivity index (χ0) is 12.1. The Morgan fingerprint density at radius 2 is 2.12 bits per heavy atom. The summed E-state index contributed by atoms with van der Waals surface area (Å²) in [7, 11) is 2.77. The van der Waals surface area contributed by atoms with Gasteiger partial charge in [0.1, 0.15) is 0 Å². The summed E-state index contributed by atoms with van der Waals surface area (Å²) in [6, 6.07) is 3.02. The first-order valence-electron chi connectivity index (χ1n) is 4.46. The number of hydrogen-bond acceptors (Lipinski definition) is 6. The van der Waals surface area contributed by atoms with E-state index in [-0.39, 0.29) is 11.4 Å². The van der Waals surface area contributed by atoms with Crippen LogP contribution in [0.1, 0.15) is 5.56 Å². The van der Waals surface area contributed by atoms with Gasteiger partial charge in [-0.2, -0.15) is 0 Å². The summed E-state index contributed by atoms with van der Waals surface area (Å²) in [6.07, 6.45) is 0. The summed E-state index contributed by atoms with van der Waals surface area (Å²) in [5, 5.41) is 10.8. The maximum atomic E-state index is 10.8. The molecule has 0 heterocycles. The van der Waals surface area contributed by atoms with Crippen molar-refractivity contribution in [3.8, 4) is 11.5 Å². The minimum atomic E-state index is -0.526. The first-order valence-corrected chi connectivity index (χ1v) is 4.46. The molecule has 0 fully saturated rings. The largest absolute Gasteiger partial charge is 0.493 e. The molecular weight excluding hydrogens is 214 g/mol. The summed E-state index contributed by atoms with van der Waals surface area (Å²) >= 11 is 0. The van der Waals surface area contributed by atoms with E-state index in [1.54, 1.807) is 6.07 Å². The van der Waals surface area contributed by atoms with Gasteiger partial charge in [0.2, 0.25) is 5.75 Å². The van der Waals surface area contributed by atoms with Gasteiger partial charge in [0.05, 0.1) is 19.1 Å². The molecule has 0 amide bonds. The number of methoxy groups -OCH3 is 2. The molecule has 0 saturated carbocycles. The highest BCUT2D eigenvalue weighted by Gasteiger charge is 2.21. The Morgan fingerprint density at radius 3 is 2.56 bits per heavy atom. The first kappa shape index (κ1) is 12.2. The summed E-state index contributed by atoms with van der Waals surface area (Å²) in [5.74, 6) is 5.57. The first-order chi connectivity index (χ1) is 7.63. The van der Waals surface area contributed by atoms with Crippen molar-refractivity contribution >= 4 is 5.69 Å². The van der Waals surface area contributed by atoms with Crippen LogP contribution in [0, 0.1) is 10.1 Å². The molecule has 0 bridgehead atoms. The minimum Gasteiger partial charge on any atom is -0.493 e. The topological polar surface area (TPSA) is 99.7 Å². The number of rotatable bonds is 5. The SMILES string of the molecule is COc1cc(CNN)cc([N+](=O)[O-])c1OC. The maximum absolute atomic E-state index is 10.8. The van der Waals surface area contributed by atoms with E-state index in [0.717, 1.165) is 0 Å². The fourth-order valence-corrected chi connectivity index (χ4v) is 1.36. The van der Waals surface area contributed by atoms with E-state index < -0.39 is 4.92 Å². The van der Waals surface area contributed by atoms with E-state index in [1.165, 1.54) is 20.3 Å². The lowest BCUT2D eigenvalue weighted by Crippen LogP contribution is -2.20. The third kappa shape index (κ3) is 2.38. The fraction of sp³-hybridized carbons (Fsp3) is 0.333. The van der Waals surface area contributed by atoms with Gasteiger partial charge >= 0.3 is 5.69 Å². The lowest BCUT2D eigenvalue weighted by molar-refractivity contribution is -0.385. The highest BCUT2D eigenvalue weighted by atomic mass is 16.6. The number of nitro benzene ring substituents is 1. The van der Waals surface area contributed by atoms with Crippen LogP contribution in [0.4, 0.5) is 5.69 Å². The minimum absolute atomic E-state index is 0.105. The Balaban J connectivity index is 3.31. The molecule has 0 saturated heterocycles. The normalized spacial score (nSPS) is 9.94. The molecule has 1 aromatic rings. The van der Waals surface area contributed by atoms with Crippen molar-refractivity contribution in [1.82, 2.24) is 5.43 Å². The Labute approximate surface area is 92.3 Å². The number of nitrogens with zero attached hydrogens (tertiary/aromatic N) is 1. The molecular formula is C9H13N3O4. The highest BCUT2D eigenvalue weighted by Crippen LogP contribution is 2.37. The van der Waals surface area contributed by atoms with E-state index in [2.05, 4.69) is 5.43 Å². The Hall–Kier alpha value is -1.86. The van der Waals surface area contributed by atoms with Crippen LogP contribution in [-0.4, -0.2) is 19.1 Å². The second-order valence-electron chi connectivity index (χ2n) is 2.99. The number of hydrogen-bond donors (Lipinski definition) is 2. The van der Waals surface area contributed by atoms with Gasteiger partial charge in [-0.15, -0.1) is 0 Å². The van der Waals surface area contributed by atoms with Gasteiger partial charge < -0.3 is 9.47 Å². The Morgan fingerprint density at radius 1 is 1.44 bits per heavy atom. The van der Waals surface area contributed by atoms with Gasteiger partial charge in [0.25, 0.3) is 0 Å². The molecule has 1 aromatic carbocycles. The van der Waals surface area contributed by atoms with E-state index in [4.69, 9.17) is 15.3 Å². The number of nitro groups is 1. The molecule has 16 heavy (non-hydrogen) atoms. The Kier molecular flexibility index (Phi) is 4.03. The van der Waals surface area contributed by atoms with E-state index in [9.17, 15) is 10.1 Å². The van der Waals surface area contributed by atoms with Crippen LogP contribution in [0.2, 0.25) is 0 Å². The molecule has 7 nitrogen and oxygen atoms in total. The molecule has 0 aliphatic heterocycles. The summed E-state index contributed by atoms with van der Waals surface area (Å²) < 4.78 is 9.96. The molecule has 7 heteroatoms. The van der Waals surface area contributed by atoms with Crippen LogP contribution < -0.4 is 20.7 Å². The Bertz CT molecular complexity index is 395. The monoisotopic (exact) mass is 227 g/mol. The summed E-state index contributed by atoms with van der Waals surface area (Å²) in [5.41, 5.74) is 2.92. The molecule has 0 aliphatic carbocycles. The predicted octanol–water partition coefficient (Wildman–Crippen LogP) is 0.575. The van der Waals surface area contributed by atoms with Crippen molar-refractivity contribution < 1.29 is 14.4 Å². The van der Waals surface area contributed by atoms with Crippen LogP contribution >= 0.6 is 0 Å².